The van der Waals surface area contributed by atoms with Gasteiger partial charge in [-0.2, -0.15) is 8.78 Å². The van der Waals surface area contributed by atoms with Gasteiger partial charge in [-0.1, -0.05) is 58.1 Å². The third-order valence-corrected chi connectivity index (χ3v) is 7.70. The Morgan fingerprint density at radius 1 is 1.02 bits per heavy atom. The van der Waals surface area contributed by atoms with E-state index in [1.54, 1.807) is 32.9 Å². The van der Waals surface area contributed by atoms with Gasteiger partial charge in [0.05, 0.1) is 6.10 Å². The topological polar surface area (TPSA) is 96.9 Å². The molecule has 2 unspecified atom stereocenters. The number of amides is 1. The van der Waals surface area contributed by atoms with Crippen molar-refractivity contribution in [2.24, 2.45) is 11.3 Å². The Labute approximate surface area is 231 Å². The average Bonchev–Trinajstić information content (AvgIpc) is 3.16. The van der Waals surface area contributed by atoms with Crippen LogP contribution in [-0.4, -0.2) is 41.6 Å². The predicted molar refractivity (Wildman–Crippen MR) is 140 cm³/mol. The van der Waals surface area contributed by atoms with Crippen LogP contribution in [0.4, 0.5) is 17.6 Å². The molecule has 3 atom stereocenters. The fourth-order valence-electron chi connectivity index (χ4n) is 4.48. The monoisotopic (exact) mass is 568 g/mol. The second-order valence-corrected chi connectivity index (χ2v) is 11.0. The molecule has 220 valence electrons. The summed E-state index contributed by atoms with van der Waals surface area (Å²) in [6, 6.07) is 0. The lowest BCUT2D eigenvalue weighted by atomic mass is 9.56. The van der Waals surface area contributed by atoms with Crippen molar-refractivity contribution in [3.8, 4) is 5.75 Å². The molecular weight excluding hydrogens is 532 g/mol. The van der Waals surface area contributed by atoms with Crippen LogP contribution in [0.5, 0.6) is 5.75 Å². The van der Waals surface area contributed by atoms with Gasteiger partial charge >= 0.3 is 5.97 Å². The maximum Gasteiger partial charge on any atom is 0.332 e. The lowest BCUT2D eigenvalue weighted by Crippen LogP contribution is -2.71. The van der Waals surface area contributed by atoms with Crippen LogP contribution in [0.2, 0.25) is 0 Å². The first-order chi connectivity index (χ1) is 18.7. The largest absolute Gasteiger partial charge is 0.419 e. The minimum Gasteiger partial charge on any atom is -0.419 e. The molecule has 0 radical (unpaired) electrons. The van der Waals surface area contributed by atoms with E-state index in [0.717, 1.165) is 5.57 Å². The summed E-state index contributed by atoms with van der Waals surface area (Å²) in [5, 5.41) is 15.3. The Kier molecular flexibility index (Phi) is 9.97. The van der Waals surface area contributed by atoms with E-state index >= 15 is 0 Å². The molecule has 0 spiro atoms. The summed E-state index contributed by atoms with van der Waals surface area (Å²) < 4.78 is 70.0. The molecule has 1 aromatic carbocycles. The van der Waals surface area contributed by atoms with E-state index in [2.05, 4.69) is 10.6 Å². The number of benzene rings is 1. The minimum atomic E-state index is -2.03. The van der Waals surface area contributed by atoms with E-state index in [0.29, 0.717) is 19.3 Å². The zero-order valence-electron chi connectivity index (χ0n) is 23.2. The molecular formula is C29H36F4N2O5. The van der Waals surface area contributed by atoms with E-state index in [-0.39, 0.29) is 18.9 Å². The van der Waals surface area contributed by atoms with Crippen LogP contribution < -0.4 is 15.4 Å². The van der Waals surface area contributed by atoms with Crippen molar-refractivity contribution in [3.05, 3.63) is 64.8 Å². The van der Waals surface area contributed by atoms with Gasteiger partial charge in [-0.25, -0.2) is 13.6 Å². The molecule has 3 N–H and O–H groups in total. The highest BCUT2D eigenvalue weighted by Gasteiger charge is 2.60. The van der Waals surface area contributed by atoms with E-state index in [1.165, 1.54) is 0 Å². The molecule has 0 saturated heterocycles. The van der Waals surface area contributed by atoms with Crippen molar-refractivity contribution in [1.82, 2.24) is 10.6 Å². The predicted octanol–water partition coefficient (Wildman–Crippen LogP) is 5.20. The zero-order chi connectivity index (χ0) is 29.8. The number of carbonyl (C=O) groups is 2. The lowest BCUT2D eigenvalue weighted by Gasteiger charge is -2.54. The average molecular weight is 569 g/mol. The summed E-state index contributed by atoms with van der Waals surface area (Å²) in [6.45, 7) is 8.69. The first-order valence-electron chi connectivity index (χ1n) is 13.2. The molecule has 1 amide bonds. The maximum absolute atomic E-state index is 14.9. The van der Waals surface area contributed by atoms with Crippen LogP contribution in [0.3, 0.4) is 0 Å². The van der Waals surface area contributed by atoms with Crippen LogP contribution in [-0.2, 0) is 9.53 Å². The van der Waals surface area contributed by atoms with Gasteiger partial charge in [0.15, 0.2) is 11.6 Å². The second-order valence-electron chi connectivity index (χ2n) is 11.0. The van der Waals surface area contributed by atoms with Crippen molar-refractivity contribution >= 4 is 11.9 Å². The molecule has 7 nitrogen and oxygen atoms in total. The van der Waals surface area contributed by atoms with Gasteiger partial charge in [0, 0.05) is 6.54 Å². The molecule has 2 aliphatic carbocycles. The minimum absolute atomic E-state index is 0.0293. The van der Waals surface area contributed by atoms with Gasteiger partial charge in [0.25, 0.3) is 5.91 Å². The van der Waals surface area contributed by atoms with Gasteiger partial charge in [0.1, 0.15) is 11.1 Å². The Hall–Kier alpha value is -3.02. The number of halogens is 4. The molecule has 2 aliphatic rings. The van der Waals surface area contributed by atoms with Gasteiger partial charge in [-0.3, -0.25) is 10.1 Å². The quantitative estimate of drug-likeness (QED) is 0.112. The number of allylic oxidation sites excluding steroid dienone is 5. The Morgan fingerprint density at radius 2 is 1.68 bits per heavy atom. The number of aliphatic hydroxyl groups is 1. The number of ether oxygens (including phenoxy) is 2. The third-order valence-electron chi connectivity index (χ3n) is 7.70. The number of hydrogen-bond acceptors (Lipinski definition) is 6. The number of nitrogens with one attached hydrogen (secondary N) is 2. The smallest absolute Gasteiger partial charge is 0.332 e. The summed E-state index contributed by atoms with van der Waals surface area (Å²) in [5.41, 5.74) is -3.16. The first kappa shape index (κ1) is 31.5. The van der Waals surface area contributed by atoms with Crippen LogP contribution in [0.25, 0.3) is 0 Å². The summed E-state index contributed by atoms with van der Waals surface area (Å²) in [5.74, 6) is -12.3. The van der Waals surface area contributed by atoms with E-state index in [9.17, 15) is 32.3 Å². The normalized spacial score (nSPS) is 21.3. The molecule has 0 heterocycles. The summed E-state index contributed by atoms with van der Waals surface area (Å²) in [6.07, 6.45) is 8.78. The third kappa shape index (κ3) is 6.47. The standard InChI is InChI=1S/C29H36F4N2O5/c1-16(2)17(3)39-27(38)35-29(14-13-28(29,4)5)26(37)40-24-22(32)20(30)19(21(31)23(24)33)25(36)34-15-12-18-10-8-6-7-9-11-18/h6-8,10-11,16-17,27,35,38H,9,12-15H2,1-5H3,(H,34,36)/t17?,27?,29-/m1/s1. The highest BCUT2D eigenvalue weighted by atomic mass is 19.2. The molecule has 11 heteroatoms. The van der Waals surface area contributed by atoms with Crippen LogP contribution in [0.15, 0.2) is 36.0 Å². The Bertz CT molecular complexity index is 1200. The van der Waals surface area contributed by atoms with Crippen molar-refractivity contribution in [2.45, 2.75) is 78.4 Å². The molecule has 1 fully saturated rings. The Morgan fingerprint density at radius 3 is 2.23 bits per heavy atom. The molecule has 0 bridgehead atoms. The maximum atomic E-state index is 14.9. The number of hydrogen-bond donors (Lipinski definition) is 3. The Balaban J connectivity index is 1.79. The van der Waals surface area contributed by atoms with Crippen molar-refractivity contribution in [3.63, 3.8) is 0 Å². The van der Waals surface area contributed by atoms with Gasteiger partial charge in [0.2, 0.25) is 23.8 Å². The van der Waals surface area contributed by atoms with E-state index in [1.807, 2.05) is 32.1 Å². The van der Waals surface area contributed by atoms with E-state index in [4.69, 9.17) is 9.47 Å². The number of carbonyl (C=O) groups excluding carboxylic acids is 2. The zero-order valence-corrected chi connectivity index (χ0v) is 23.2. The van der Waals surface area contributed by atoms with Crippen molar-refractivity contribution in [1.29, 1.82) is 0 Å². The van der Waals surface area contributed by atoms with Gasteiger partial charge in [-0.05, 0) is 49.5 Å². The first-order valence-corrected chi connectivity index (χ1v) is 13.2. The van der Waals surface area contributed by atoms with Crippen LogP contribution in [0.1, 0.15) is 70.7 Å². The molecule has 1 saturated carbocycles. The molecule has 1 aromatic rings. The number of rotatable bonds is 11. The second kappa shape index (κ2) is 12.7. The van der Waals surface area contributed by atoms with Crippen molar-refractivity contribution < 1.29 is 41.7 Å². The van der Waals surface area contributed by atoms with Gasteiger partial charge in [-0.15, -0.1) is 0 Å². The van der Waals surface area contributed by atoms with E-state index < -0.39 is 69.9 Å². The SMILES string of the molecule is CC(C)C(C)OC(O)N[C@@]1(C(=O)Oc2c(F)c(F)c(C(=O)NCCC3=CCC=CC=C3)c(F)c2F)CCC1(C)C. The molecule has 0 aromatic heterocycles. The van der Waals surface area contributed by atoms with Crippen LogP contribution in [0, 0.1) is 34.6 Å². The summed E-state index contributed by atoms with van der Waals surface area (Å²) in [7, 11) is 0. The number of aliphatic hydroxyl groups excluding tert-OH is 1. The summed E-state index contributed by atoms with van der Waals surface area (Å²) >= 11 is 0. The highest BCUT2D eigenvalue weighted by Crippen LogP contribution is 2.50. The molecule has 3 rings (SSSR count). The fourth-order valence-corrected chi connectivity index (χ4v) is 4.48. The summed E-state index contributed by atoms with van der Waals surface area (Å²) in [4.78, 5) is 25.7. The number of esters is 1. The van der Waals surface area contributed by atoms with Crippen molar-refractivity contribution in [2.75, 3.05) is 6.54 Å². The van der Waals surface area contributed by atoms with Gasteiger partial charge < -0.3 is 19.9 Å². The fraction of sp³-hybridized carbons (Fsp3) is 0.517. The molecule has 0 aliphatic heterocycles. The molecule has 40 heavy (non-hydrogen) atoms. The lowest BCUT2D eigenvalue weighted by molar-refractivity contribution is -0.202. The van der Waals surface area contributed by atoms with Crippen LogP contribution >= 0.6 is 0 Å². The highest BCUT2D eigenvalue weighted by molar-refractivity contribution is 5.95.